The van der Waals surface area contributed by atoms with E-state index in [1.807, 2.05) is 35.4 Å². The molecule has 4 aliphatic rings. The Balaban J connectivity index is 1.23. The van der Waals surface area contributed by atoms with E-state index < -0.39 is 0 Å². The van der Waals surface area contributed by atoms with Gasteiger partial charge in [-0.1, -0.05) is 36.4 Å². The van der Waals surface area contributed by atoms with Gasteiger partial charge in [0.15, 0.2) is 0 Å². The van der Waals surface area contributed by atoms with Crippen molar-refractivity contribution in [2.45, 2.75) is 59.1 Å². The fourth-order valence-corrected chi connectivity index (χ4v) is 8.86. The van der Waals surface area contributed by atoms with Gasteiger partial charge in [0, 0.05) is 67.1 Å². The molecule has 44 heavy (non-hydrogen) atoms. The van der Waals surface area contributed by atoms with Crippen LogP contribution in [0.5, 0.6) is 0 Å². The van der Waals surface area contributed by atoms with Crippen molar-refractivity contribution in [2.75, 3.05) is 36.9 Å². The summed E-state index contributed by atoms with van der Waals surface area (Å²) in [7, 11) is 3.92. The zero-order chi connectivity index (χ0) is 30.7. The summed E-state index contributed by atoms with van der Waals surface area (Å²) < 4.78 is 3.81. The van der Waals surface area contributed by atoms with E-state index in [4.69, 9.17) is 0 Å². The summed E-state index contributed by atoms with van der Waals surface area (Å²) in [6.45, 7) is 7.51. The van der Waals surface area contributed by atoms with Crippen LogP contribution in [0.1, 0.15) is 60.4 Å². The molecule has 0 saturated carbocycles. The summed E-state index contributed by atoms with van der Waals surface area (Å²) in [6, 6.07) is 9.80. The third-order valence-corrected chi connectivity index (χ3v) is 11.3. The van der Waals surface area contributed by atoms with Gasteiger partial charge in [-0.25, -0.2) is 0 Å². The number of nitrogens with one attached hydrogen (secondary N) is 1. The average molecular weight is 612 g/mol. The molecule has 3 aromatic rings. The van der Waals surface area contributed by atoms with Gasteiger partial charge in [0.05, 0.1) is 17.3 Å². The van der Waals surface area contributed by atoms with E-state index in [-0.39, 0.29) is 18.1 Å². The molecule has 230 valence electrons. The van der Waals surface area contributed by atoms with Gasteiger partial charge in [-0.15, -0.1) is 0 Å². The first-order valence-electron chi connectivity index (χ1n) is 15.8. The van der Waals surface area contributed by atoms with Crippen LogP contribution in [0.3, 0.4) is 0 Å². The van der Waals surface area contributed by atoms with E-state index in [0.29, 0.717) is 23.7 Å². The van der Waals surface area contributed by atoms with Crippen molar-refractivity contribution in [3.63, 3.8) is 0 Å². The van der Waals surface area contributed by atoms with Crippen molar-refractivity contribution in [3.8, 4) is 11.1 Å². The topological polar surface area (TPSA) is 82.7 Å². The van der Waals surface area contributed by atoms with Crippen LogP contribution < -0.4 is 15.8 Å². The summed E-state index contributed by atoms with van der Waals surface area (Å²) in [5, 5.41) is 15.2. The van der Waals surface area contributed by atoms with Crippen LogP contribution in [0.15, 0.2) is 62.4 Å². The number of aromatic nitrogens is 2. The van der Waals surface area contributed by atoms with Crippen LogP contribution in [0, 0.1) is 5.92 Å². The molecular weight excluding hydrogens is 570 g/mol. The van der Waals surface area contributed by atoms with E-state index in [2.05, 4.69) is 41.7 Å². The van der Waals surface area contributed by atoms with E-state index >= 15 is 0 Å². The van der Waals surface area contributed by atoms with Crippen LogP contribution >= 0.6 is 11.8 Å². The fraction of sp³-hybridized carbons (Fsp3) is 0.429. The highest BCUT2D eigenvalue weighted by Crippen LogP contribution is 2.45. The first-order chi connectivity index (χ1) is 21.2. The molecule has 0 fully saturated rings. The number of likely N-dealkylation sites (N-methyl/N-ethyl adjacent to an activating group) is 1. The SMILES string of the molecule is CC1=C(Nc2cc(-c3cccc(N4CCn5c(cc6c5CCCC6)C4=O)c3CO)cn(C)c2=O)SC2=C(CCN(C)C2)C1C. The molecule has 3 aliphatic heterocycles. The maximum atomic E-state index is 13.9. The predicted octanol–water partition coefficient (Wildman–Crippen LogP) is 5.50. The predicted molar refractivity (Wildman–Crippen MR) is 178 cm³/mol. The second-order valence-corrected chi connectivity index (χ2v) is 13.8. The van der Waals surface area contributed by atoms with E-state index in [0.717, 1.165) is 66.4 Å². The number of amides is 1. The number of aliphatic hydroxyl groups is 1. The van der Waals surface area contributed by atoms with Crippen molar-refractivity contribution >= 4 is 29.0 Å². The Labute approximate surface area is 263 Å². The summed E-state index contributed by atoms with van der Waals surface area (Å²) in [5.41, 5.74) is 9.56. The molecule has 1 aromatic carbocycles. The van der Waals surface area contributed by atoms with Gasteiger partial charge in [0.1, 0.15) is 11.4 Å². The summed E-state index contributed by atoms with van der Waals surface area (Å²) in [5.74, 6) is 0.314. The molecule has 5 heterocycles. The maximum Gasteiger partial charge on any atom is 0.274 e. The van der Waals surface area contributed by atoms with E-state index in [1.165, 1.54) is 40.2 Å². The number of aryl methyl sites for hydroxylation is 2. The van der Waals surface area contributed by atoms with Gasteiger partial charge < -0.3 is 29.4 Å². The Hall–Kier alpha value is -3.53. The Bertz CT molecular complexity index is 1800. The fourth-order valence-electron chi connectivity index (χ4n) is 7.42. The third kappa shape index (κ3) is 4.86. The van der Waals surface area contributed by atoms with Gasteiger partial charge >= 0.3 is 0 Å². The Kier molecular flexibility index (Phi) is 7.59. The largest absolute Gasteiger partial charge is 0.392 e. The number of nitrogens with zero attached hydrogens (tertiary/aromatic N) is 4. The highest BCUT2D eigenvalue weighted by Gasteiger charge is 2.32. The number of fused-ring (bicyclic) bond motifs is 3. The lowest BCUT2D eigenvalue weighted by molar-refractivity contribution is 0.0964. The Morgan fingerprint density at radius 2 is 1.86 bits per heavy atom. The van der Waals surface area contributed by atoms with Crippen molar-refractivity contribution in [1.82, 2.24) is 14.0 Å². The highest BCUT2D eigenvalue weighted by atomic mass is 32.2. The molecule has 0 spiro atoms. The number of hydrogen-bond donors (Lipinski definition) is 2. The molecule has 2 aromatic heterocycles. The number of allylic oxidation sites excluding steroid dienone is 1. The maximum absolute atomic E-state index is 13.9. The summed E-state index contributed by atoms with van der Waals surface area (Å²) in [4.78, 5) is 32.8. The molecule has 0 bridgehead atoms. The molecule has 9 heteroatoms. The Morgan fingerprint density at radius 1 is 1.05 bits per heavy atom. The lowest BCUT2D eigenvalue weighted by Crippen LogP contribution is -2.41. The number of hydrogen-bond acceptors (Lipinski definition) is 6. The van der Waals surface area contributed by atoms with Gasteiger partial charge in [-0.2, -0.15) is 0 Å². The van der Waals surface area contributed by atoms with Crippen molar-refractivity contribution < 1.29 is 9.90 Å². The molecule has 8 nitrogen and oxygen atoms in total. The smallest absolute Gasteiger partial charge is 0.274 e. The van der Waals surface area contributed by atoms with E-state index in [9.17, 15) is 14.7 Å². The molecule has 0 saturated heterocycles. The molecule has 2 N–H and O–H groups in total. The molecule has 0 radical (unpaired) electrons. The van der Waals surface area contributed by atoms with Crippen molar-refractivity contribution in [2.24, 2.45) is 13.0 Å². The minimum Gasteiger partial charge on any atom is -0.392 e. The lowest BCUT2D eigenvalue weighted by Gasteiger charge is -2.35. The zero-order valence-corrected chi connectivity index (χ0v) is 26.9. The van der Waals surface area contributed by atoms with E-state index in [1.54, 1.807) is 23.4 Å². The van der Waals surface area contributed by atoms with Crippen LogP contribution in [-0.2, 0) is 33.0 Å². The lowest BCUT2D eigenvalue weighted by atomic mass is 9.89. The number of carbonyl (C=O) groups excluding carboxylic acids is 1. The first kappa shape index (κ1) is 29.2. The molecular formula is C35H41N5O3S. The molecule has 1 aliphatic carbocycles. The molecule has 1 unspecified atom stereocenters. The second-order valence-electron chi connectivity index (χ2n) is 12.7. The zero-order valence-electron chi connectivity index (χ0n) is 26.1. The quantitative estimate of drug-likeness (QED) is 0.397. The number of anilines is 2. The molecule has 7 rings (SSSR count). The normalized spacial score (nSPS) is 20.5. The average Bonchev–Trinajstić information content (AvgIpc) is 3.41. The number of rotatable bonds is 5. The number of thioether (sulfide) groups is 1. The third-order valence-electron chi connectivity index (χ3n) is 10.1. The van der Waals surface area contributed by atoms with Crippen LogP contribution in [-0.4, -0.2) is 51.7 Å². The van der Waals surface area contributed by atoms with Gasteiger partial charge in [0.2, 0.25) is 0 Å². The van der Waals surface area contributed by atoms with Crippen molar-refractivity contribution in [3.05, 3.63) is 90.5 Å². The van der Waals surface area contributed by atoms with Crippen LogP contribution in [0.4, 0.5) is 11.4 Å². The second kappa shape index (κ2) is 11.4. The summed E-state index contributed by atoms with van der Waals surface area (Å²) in [6.07, 6.45) is 7.31. The van der Waals surface area contributed by atoms with Crippen LogP contribution in [0.25, 0.3) is 11.1 Å². The first-order valence-corrected chi connectivity index (χ1v) is 16.6. The minimum absolute atomic E-state index is 0.0202. The molecule has 1 amide bonds. The Morgan fingerprint density at radius 3 is 2.68 bits per heavy atom. The van der Waals surface area contributed by atoms with Gasteiger partial charge in [-0.3, -0.25) is 9.59 Å². The number of pyridine rings is 1. The highest BCUT2D eigenvalue weighted by molar-refractivity contribution is 8.07. The van der Waals surface area contributed by atoms with Crippen LogP contribution in [0.2, 0.25) is 0 Å². The minimum atomic E-state index is -0.222. The monoisotopic (exact) mass is 611 g/mol. The molecule has 1 atom stereocenters. The number of carbonyl (C=O) groups is 1. The number of benzene rings is 1. The van der Waals surface area contributed by atoms with Gasteiger partial charge in [-0.05, 0) is 81.0 Å². The number of aliphatic hydroxyl groups excluding tert-OH is 1. The standard InChI is InChI=1S/C35H41N5O3S/c1-21-22(2)33(44-32-19-37(3)13-12-25(21)32)36-28-16-24(18-38(4)34(28)42)26-9-7-11-30(27(26)20-41)40-15-14-39-29-10-6-5-8-23(29)17-31(39)35(40)43/h7,9,11,16-18,21,36,41H,5-6,8,10,12-15,19-20H2,1-4H3. The summed E-state index contributed by atoms with van der Waals surface area (Å²) >= 11 is 1.75. The van der Waals surface area contributed by atoms with Crippen molar-refractivity contribution in [1.29, 1.82) is 0 Å². The van der Waals surface area contributed by atoms with Gasteiger partial charge in [0.25, 0.3) is 11.5 Å².